The molecule has 0 aromatic rings. The molecule has 116 valence electrons. The zero-order chi connectivity index (χ0) is 14.7. The van der Waals surface area contributed by atoms with Gasteiger partial charge in [0, 0.05) is 6.61 Å². The van der Waals surface area contributed by atoms with E-state index >= 15 is 0 Å². The van der Waals surface area contributed by atoms with Crippen molar-refractivity contribution in [1.82, 2.24) is 10.2 Å². The van der Waals surface area contributed by atoms with Crippen LogP contribution in [-0.2, 0) is 9.53 Å². The average molecular weight is 282 g/mol. The number of nitrogens with one attached hydrogen (secondary N) is 1. The molecule has 2 heterocycles. The van der Waals surface area contributed by atoms with Gasteiger partial charge in [0.25, 0.3) is 0 Å². The van der Waals surface area contributed by atoms with Crippen LogP contribution in [0.15, 0.2) is 0 Å². The van der Waals surface area contributed by atoms with Crippen LogP contribution in [0.1, 0.15) is 59.8 Å². The van der Waals surface area contributed by atoms with Crippen molar-refractivity contribution in [3.05, 3.63) is 0 Å². The number of amides is 1. The maximum atomic E-state index is 12.8. The van der Waals surface area contributed by atoms with Crippen LogP contribution in [0.5, 0.6) is 0 Å². The number of hydrogen-bond acceptors (Lipinski definition) is 3. The summed E-state index contributed by atoms with van der Waals surface area (Å²) < 4.78 is 5.80. The molecule has 4 nitrogen and oxygen atoms in total. The Morgan fingerprint density at radius 3 is 2.70 bits per heavy atom. The smallest absolute Gasteiger partial charge is 0.241 e. The van der Waals surface area contributed by atoms with Crippen LogP contribution in [0.25, 0.3) is 0 Å². The van der Waals surface area contributed by atoms with Crippen molar-refractivity contribution in [3.63, 3.8) is 0 Å². The van der Waals surface area contributed by atoms with Crippen LogP contribution < -0.4 is 5.32 Å². The molecule has 0 bridgehead atoms. The van der Waals surface area contributed by atoms with Gasteiger partial charge in [-0.1, -0.05) is 33.6 Å². The largest absolute Gasteiger partial charge is 0.376 e. The summed E-state index contributed by atoms with van der Waals surface area (Å²) in [6.07, 6.45) is 5.75. The molecule has 0 aromatic heterocycles. The molecule has 2 fully saturated rings. The molecule has 2 saturated heterocycles. The van der Waals surface area contributed by atoms with E-state index in [2.05, 4.69) is 37.9 Å². The number of rotatable bonds is 6. The number of carbonyl (C=O) groups excluding carboxylic acids is 1. The maximum absolute atomic E-state index is 12.8. The van der Waals surface area contributed by atoms with Gasteiger partial charge in [0.2, 0.25) is 5.91 Å². The van der Waals surface area contributed by atoms with Crippen LogP contribution in [0, 0.1) is 5.92 Å². The number of ether oxygens (including phenoxy) is 1. The summed E-state index contributed by atoms with van der Waals surface area (Å²) in [5.41, 5.74) is 0. The van der Waals surface area contributed by atoms with Gasteiger partial charge in [-0.15, -0.1) is 0 Å². The minimum atomic E-state index is -0.0135. The van der Waals surface area contributed by atoms with Crippen molar-refractivity contribution in [2.45, 2.75) is 84.2 Å². The summed E-state index contributed by atoms with van der Waals surface area (Å²) in [5, 5.41) is 3.57. The minimum Gasteiger partial charge on any atom is -0.376 e. The van der Waals surface area contributed by atoms with Gasteiger partial charge in [-0.3, -0.25) is 10.1 Å². The first-order chi connectivity index (χ1) is 9.60. The van der Waals surface area contributed by atoms with Crippen molar-refractivity contribution in [2.75, 3.05) is 6.61 Å². The van der Waals surface area contributed by atoms with Crippen LogP contribution in [0.2, 0.25) is 0 Å². The first-order valence-electron chi connectivity index (χ1n) is 8.29. The molecule has 20 heavy (non-hydrogen) atoms. The molecular weight excluding hydrogens is 252 g/mol. The molecule has 1 N–H and O–H groups in total. The van der Waals surface area contributed by atoms with E-state index in [1.54, 1.807) is 0 Å². The van der Waals surface area contributed by atoms with Crippen molar-refractivity contribution < 1.29 is 9.53 Å². The van der Waals surface area contributed by atoms with E-state index in [1.165, 1.54) is 0 Å². The van der Waals surface area contributed by atoms with Crippen molar-refractivity contribution in [1.29, 1.82) is 0 Å². The normalized spacial score (nSPS) is 33.7. The van der Waals surface area contributed by atoms with Gasteiger partial charge in [-0.05, 0) is 32.1 Å². The Kier molecular flexibility index (Phi) is 5.44. The lowest BCUT2D eigenvalue weighted by atomic mass is 9.99. The lowest BCUT2D eigenvalue weighted by Gasteiger charge is -2.33. The Hall–Kier alpha value is -0.610. The van der Waals surface area contributed by atoms with Crippen molar-refractivity contribution in [3.8, 4) is 0 Å². The lowest BCUT2D eigenvalue weighted by molar-refractivity contribution is -0.135. The standard InChI is InChI=1S/C16H30N2O2/c1-5-8-14-17-15(11(3)6-2)16(19)18(14)12(4)13-9-7-10-20-13/h11-15,17H,5-10H2,1-4H3. The molecule has 0 aromatic carbocycles. The molecule has 5 atom stereocenters. The SMILES string of the molecule is CCCC1NC(C(C)CC)C(=O)N1C(C)C1CCCO1. The molecule has 2 aliphatic heterocycles. The molecule has 4 heteroatoms. The van der Waals surface area contributed by atoms with Gasteiger partial charge in [0.05, 0.1) is 24.4 Å². The fourth-order valence-corrected chi connectivity index (χ4v) is 3.46. The Morgan fingerprint density at radius 2 is 2.15 bits per heavy atom. The summed E-state index contributed by atoms with van der Waals surface area (Å²) in [5.74, 6) is 0.671. The molecular formula is C16H30N2O2. The van der Waals surface area contributed by atoms with Crippen LogP contribution in [0.4, 0.5) is 0 Å². The predicted octanol–water partition coefficient (Wildman–Crippen LogP) is 2.53. The summed E-state index contributed by atoms with van der Waals surface area (Å²) >= 11 is 0. The Bertz CT molecular complexity index is 328. The highest BCUT2D eigenvalue weighted by molar-refractivity contribution is 5.85. The molecule has 5 unspecified atom stereocenters. The van der Waals surface area contributed by atoms with Crippen LogP contribution >= 0.6 is 0 Å². The van der Waals surface area contributed by atoms with Gasteiger partial charge in [-0.2, -0.15) is 0 Å². The average Bonchev–Trinajstić information content (AvgIpc) is 3.06. The second kappa shape index (κ2) is 6.90. The van der Waals surface area contributed by atoms with E-state index in [-0.39, 0.29) is 30.3 Å². The third kappa shape index (κ3) is 3.01. The highest BCUT2D eigenvalue weighted by Gasteiger charge is 2.44. The Labute approximate surface area is 123 Å². The van der Waals surface area contributed by atoms with Gasteiger partial charge in [0.15, 0.2) is 0 Å². The second-order valence-corrected chi connectivity index (χ2v) is 6.37. The second-order valence-electron chi connectivity index (χ2n) is 6.37. The third-order valence-corrected chi connectivity index (χ3v) is 4.95. The summed E-state index contributed by atoms with van der Waals surface area (Å²) in [7, 11) is 0. The highest BCUT2D eigenvalue weighted by atomic mass is 16.5. The van der Waals surface area contributed by atoms with E-state index in [0.29, 0.717) is 5.92 Å². The molecule has 1 amide bonds. The van der Waals surface area contributed by atoms with Gasteiger partial charge < -0.3 is 9.64 Å². The van der Waals surface area contributed by atoms with Gasteiger partial charge in [-0.25, -0.2) is 0 Å². The summed E-state index contributed by atoms with van der Waals surface area (Å²) in [6, 6.07) is 0.170. The molecule has 0 saturated carbocycles. The molecule has 0 aliphatic carbocycles. The lowest BCUT2D eigenvalue weighted by Crippen LogP contribution is -2.48. The van der Waals surface area contributed by atoms with Gasteiger partial charge in [0.1, 0.15) is 0 Å². The van der Waals surface area contributed by atoms with Crippen molar-refractivity contribution in [2.24, 2.45) is 5.92 Å². The zero-order valence-corrected chi connectivity index (χ0v) is 13.4. The topological polar surface area (TPSA) is 41.6 Å². The van der Waals surface area contributed by atoms with E-state index in [1.807, 2.05) is 0 Å². The van der Waals surface area contributed by atoms with Crippen LogP contribution in [-0.4, -0.2) is 41.8 Å². The third-order valence-electron chi connectivity index (χ3n) is 4.95. The monoisotopic (exact) mass is 282 g/mol. The van der Waals surface area contributed by atoms with Gasteiger partial charge >= 0.3 is 0 Å². The molecule has 0 spiro atoms. The number of carbonyl (C=O) groups is 1. The van der Waals surface area contributed by atoms with E-state index < -0.39 is 0 Å². The highest BCUT2D eigenvalue weighted by Crippen LogP contribution is 2.28. The van der Waals surface area contributed by atoms with Crippen molar-refractivity contribution >= 4 is 5.91 Å². The van der Waals surface area contributed by atoms with E-state index in [0.717, 1.165) is 38.7 Å². The first kappa shape index (κ1) is 15.8. The maximum Gasteiger partial charge on any atom is 0.241 e. The fourth-order valence-electron chi connectivity index (χ4n) is 3.46. The quantitative estimate of drug-likeness (QED) is 0.814. The van der Waals surface area contributed by atoms with E-state index in [4.69, 9.17) is 4.74 Å². The fraction of sp³-hybridized carbons (Fsp3) is 0.938. The molecule has 0 radical (unpaired) electrons. The Balaban J connectivity index is 2.11. The predicted molar refractivity (Wildman–Crippen MR) is 80.4 cm³/mol. The van der Waals surface area contributed by atoms with E-state index in [9.17, 15) is 4.79 Å². The zero-order valence-electron chi connectivity index (χ0n) is 13.4. The first-order valence-corrected chi connectivity index (χ1v) is 8.29. The number of nitrogens with zero attached hydrogens (tertiary/aromatic N) is 1. The summed E-state index contributed by atoms with van der Waals surface area (Å²) in [4.78, 5) is 14.9. The van der Waals surface area contributed by atoms with Crippen LogP contribution in [0.3, 0.4) is 0 Å². The minimum absolute atomic E-state index is 0.0135. The summed E-state index contributed by atoms with van der Waals surface area (Å²) in [6.45, 7) is 9.49. The molecule has 2 rings (SSSR count). The Morgan fingerprint density at radius 1 is 1.40 bits per heavy atom. The molecule has 2 aliphatic rings. The number of hydrogen-bond donors (Lipinski definition) is 1.